The second kappa shape index (κ2) is 17.0. The van der Waals surface area contributed by atoms with Crippen LogP contribution in [-0.4, -0.2) is 148 Å². The number of nitrogens with zero attached hydrogens (tertiary/aromatic N) is 1. The van der Waals surface area contributed by atoms with Crippen LogP contribution in [0.1, 0.15) is 94.9 Å². The van der Waals surface area contributed by atoms with Crippen LogP contribution in [0.2, 0.25) is 0 Å². The van der Waals surface area contributed by atoms with Crippen LogP contribution >= 0.6 is 0 Å². The van der Waals surface area contributed by atoms with Crippen LogP contribution in [-0.2, 0) is 38.0 Å². The Morgan fingerprint density at radius 3 is 2.04 bits per heavy atom. The lowest BCUT2D eigenvalue weighted by molar-refractivity contribution is -0.318. The van der Waals surface area contributed by atoms with Crippen molar-refractivity contribution >= 4 is 11.8 Å². The van der Waals surface area contributed by atoms with Crippen LogP contribution in [0.5, 0.6) is 0 Å². The van der Waals surface area contributed by atoms with Gasteiger partial charge in [-0.1, -0.05) is 27.7 Å². The maximum atomic E-state index is 14.1. The van der Waals surface area contributed by atoms with Gasteiger partial charge in [0.2, 0.25) is 0 Å². The number of aliphatic hydroxyl groups excluding tert-OH is 3. The number of ether oxygens (including phenoxy) is 6. The summed E-state index contributed by atoms with van der Waals surface area (Å²) < 4.78 is 37.1. The van der Waals surface area contributed by atoms with Gasteiger partial charge >= 0.3 is 5.97 Å². The van der Waals surface area contributed by atoms with Crippen molar-refractivity contribution in [1.29, 1.82) is 0 Å². The maximum absolute atomic E-state index is 14.1. The van der Waals surface area contributed by atoms with Crippen LogP contribution in [0.15, 0.2) is 0 Å². The minimum absolute atomic E-state index is 0.0936. The minimum atomic E-state index is -1.99. The predicted octanol–water partition coefficient (Wildman–Crippen LogP) is 1.79. The predicted molar refractivity (Wildman–Crippen MR) is 186 cm³/mol. The Kier molecular flexibility index (Phi) is 14.7. The molecule has 14 heteroatoms. The van der Waals surface area contributed by atoms with Crippen LogP contribution in [0.25, 0.3) is 0 Å². The average Bonchev–Trinajstić information content (AvgIpc) is 3.05. The number of ketones is 1. The Morgan fingerprint density at radius 2 is 1.49 bits per heavy atom. The molecule has 5 N–H and O–H groups in total. The normalized spacial score (nSPS) is 49.7. The van der Waals surface area contributed by atoms with Crippen molar-refractivity contribution < 1.29 is 63.5 Å². The first-order chi connectivity index (χ1) is 23.4. The molecule has 3 fully saturated rings. The monoisotopic (exact) mass is 733 g/mol. The van der Waals surface area contributed by atoms with Crippen LogP contribution in [0, 0.1) is 23.7 Å². The lowest BCUT2D eigenvalue weighted by Crippen LogP contribution is -2.61. The second-order valence-electron chi connectivity index (χ2n) is 16.5. The fraction of sp³-hybridized carbons (Fsp3) is 0.946. The molecule has 298 valence electrons. The molecule has 0 aromatic rings. The van der Waals surface area contributed by atoms with Gasteiger partial charge < -0.3 is 58.9 Å². The van der Waals surface area contributed by atoms with Crippen molar-refractivity contribution in [2.75, 3.05) is 21.2 Å². The highest BCUT2D eigenvalue weighted by atomic mass is 16.7. The zero-order chi connectivity index (χ0) is 39.0. The molecule has 51 heavy (non-hydrogen) atoms. The molecule has 0 spiro atoms. The number of methoxy groups -OCH3 is 1. The fourth-order valence-electron chi connectivity index (χ4n) is 8.41. The summed E-state index contributed by atoms with van der Waals surface area (Å²) in [4.78, 5) is 29.8. The van der Waals surface area contributed by atoms with Crippen molar-refractivity contribution in [2.24, 2.45) is 23.7 Å². The molecule has 3 rings (SSSR count). The first kappa shape index (κ1) is 44.1. The number of Topliss-reactive ketones (excluding diaryl/α,β-unsaturated/α-hetero) is 1. The van der Waals surface area contributed by atoms with Gasteiger partial charge in [0.1, 0.15) is 29.7 Å². The lowest BCUT2D eigenvalue weighted by atomic mass is 9.74. The highest BCUT2D eigenvalue weighted by molar-refractivity contribution is 5.83. The smallest absolute Gasteiger partial charge is 0.311 e. The van der Waals surface area contributed by atoms with Gasteiger partial charge in [-0.05, 0) is 74.9 Å². The third kappa shape index (κ3) is 9.51. The summed E-state index contributed by atoms with van der Waals surface area (Å²) in [5, 5.41) is 57.6. The van der Waals surface area contributed by atoms with E-state index in [4.69, 9.17) is 28.4 Å². The molecule has 0 aliphatic carbocycles. The number of aliphatic hydroxyl groups is 5. The van der Waals surface area contributed by atoms with Gasteiger partial charge in [0.15, 0.2) is 12.6 Å². The molecule has 0 bridgehead atoms. The Hall–Kier alpha value is -1.30. The van der Waals surface area contributed by atoms with E-state index in [0.717, 1.165) is 0 Å². The number of carbonyl (C=O) groups is 2. The van der Waals surface area contributed by atoms with E-state index in [1.165, 1.54) is 27.9 Å². The number of rotatable bonds is 7. The molecule has 0 amide bonds. The Labute approximate surface area is 304 Å². The quantitative estimate of drug-likeness (QED) is 0.238. The number of cyclic esters (lactones) is 1. The lowest BCUT2D eigenvalue weighted by Gasteiger charge is -2.49. The average molecular weight is 734 g/mol. The number of esters is 1. The van der Waals surface area contributed by atoms with Gasteiger partial charge in [-0.3, -0.25) is 9.59 Å². The molecule has 0 radical (unpaired) electrons. The van der Waals surface area contributed by atoms with E-state index in [9.17, 15) is 35.1 Å². The van der Waals surface area contributed by atoms with E-state index in [2.05, 4.69) is 0 Å². The molecule has 3 aliphatic heterocycles. The van der Waals surface area contributed by atoms with E-state index < -0.39 is 108 Å². The van der Waals surface area contributed by atoms with E-state index in [0.29, 0.717) is 6.42 Å². The van der Waals surface area contributed by atoms with Gasteiger partial charge in [-0.15, -0.1) is 0 Å². The third-order valence-electron chi connectivity index (χ3n) is 11.8. The van der Waals surface area contributed by atoms with Crippen LogP contribution < -0.4 is 0 Å². The molecule has 1 unspecified atom stereocenters. The third-order valence-corrected chi connectivity index (χ3v) is 11.8. The summed E-state index contributed by atoms with van der Waals surface area (Å²) in [6, 6.07) is -0.324. The first-order valence-electron chi connectivity index (χ1n) is 18.5. The molecule has 14 nitrogen and oxygen atoms in total. The number of carbonyl (C=O) groups excluding carboxylic acids is 2. The van der Waals surface area contributed by atoms with Crippen molar-refractivity contribution in [3.8, 4) is 0 Å². The van der Waals surface area contributed by atoms with Gasteiger partial charge in [-0.25, -0.2) is 0 Å². The summed E-state index contributed by atoms with van der Waals surface area (Å²) in [5.41, 5.74) is -4.84. The highest BCUT2D eigenvalue weighted by Crippen LogP contribution is 2.40. The Bertz CT molecular complexity index is 1170. The summed E-state index contributed by atoms with van der Waals surface area (Å²) in [7, 11) is 5.18. The molecule has 3 saturated heterocycles. The van der Waals surface area contributed by atoms with E-state index in [1.807, 2.05) is 25.9 Å². The maximum Gasteiger partial charge on any atom is 0.311 e. The second-order valence-corrected chi connectivity index (χ2v) is 16.5. The van der Waals surface area contributed by atoms with Crippen molar-refractivity contribution in [2.45, 2.75) is 179 Å². The number of hydrogen-bond acceptors (Lipinski definition) is 14. The van der Waals surface area contributed by atoms with Gasteiger partial charge in [0.25, 0.3) is 0 Å². The zero-order valence-electron chi connectivity index (χ0n) is 32.9. The van der Waals surface area contributed by atoms with Crippen molar-refractivity contribution in [3.05, 3.63) is 0 Å². The van der Waals surface area contributed by atoms with E-state index >= 15 is 0 Å². The van der Waals surface area contributed by atoms with Crippen molar-refractivity contribution in [1.82, 2.24) is 4.90 Å². The zero-order valence-corrected chi connectivity index (χ0v) is 32.9. The van der Waals surface area contributed by atoms with E-state index in [1.54, 1.807) is 41.5 Å². The topological polar surface area (TPSA) is 194 Å². The first-order valence-corrected chi connectivity index (χ1v) is 18.5. The summed E-state index contributed by atoms with van der Waals surface area (Å²) in [6.45, 7) is 16.3. The van der Waals surface area contributed by atoms with Gasteiger partial charge in [0.05, 0.1) is 47.6 Å². The standard InChI is InChI=1S/C37H67NO13/c1-14-25-37(10,45)30(41)20(4)27(39)18(2)16-35(8,44)32(51-34-28(40)24(38(11)12)15-19(3)47-34)21(5)29(22(6)33(43)49-25)50-26-17-36(9,46-13)31(42)23(7)48-26/h18-26,28-32,34,40-42,44-45H,14-17H2,1-13H3/t18-,19-,20+,21+,22-,23+,24+,25?,26+,28-,29+,30-,31+,32-,34+,35-,36-,37-/m1/s1. The summed E-state index contributed by atoms with van der Waals surface area (Å²) in [6.07, 6.45) is -9.71. The molecular formula is C37H67NO13. The molecule has 0 aromatic heterocycles. The molecule has 0 saturated carbocycles. The molecule has 18 atom stereocenters. The number of hydrogen-bond donors (Lipinski definition) is 5. The molecule has 3 aliphatic rings. The Balaban J connectivity index is 2.18. The van der Waals surface area contributed by atoms with Crippen molar-refractivity contribution in [3.63, 3.8) is 0 Å². The fourth-order valence-corrected chi connectivity index (χ4v) is 8.41. The minimum Gasteiger partial charge on any atom is -0.459 e. The highest BCUT2D eigenvalue weighted by Gasteiger charge is 2.53. The largest absolute Gasteiger partial charge is 0.459 e. The summed E-state index contributed by atoms with van der Waals surface area (Å²) in [5.74, 6) is -4.98. The van der Waals surface area contributed by atoms with Gasteiger partial charge in [0, 0.05) is 37.3 Å². The SMILES string of the molecule is CCC1OC(=O)[C@H](C)[C@@H](O[C@H]2C[C@@](C)(OC)[C@@H](O)[C@H](C)O2)[C@H](C)[C@@H](O[C@@H]2O[C@H](C)C[C@H](N(C)C)[C@H]2O)[C@](C)(O)C[C@@H](C)C(=O)[C@H](C)[C@@H](O)[C@]1(C)O. The van der Waals surface area contributed by atoms with Gasteiger partial charge in [-0.2, -0.15) is 0 Å². The van der Waals surface area contributed by atoms with E-state index in [-0.39, 0.29) is 31.4 Å². The molecular weight excluding hydrogens is 666 g/mol. The number of likely N-dealkylation sites (N-methyl/N-ethyl adjacent to an activating group) is 1. The Morgan fingerprint density at radius 1 is 0.882 bits per heavy atom. The molecule has 3 heterocycles. The van der Waals surface area contributed by atoms with Crippen LogP contribution in [0.4, 0.5) is 0 Å². The van der Waals surface area contributed by atoms with Crippen LogP contribution in [0.3, 0.4) is 0 Å². The summed E-state index contributed by atoms with van der Waals surface area (Å²) >= 11 is 0. The molecule has 0 aromatic carbocycles.